The van der Waals surface area contributed by atoms with Crippen LogP contribution in [0.25, 0.3) is 11.1 Å². The molecular weight excluding hydrogens is 434 g/mol. The quantitative estimate of drug-likeness (QED) is 0.389. The van der Waals surface area contributed by atoms with E-state index in [1.807, 2.05) is 68.4 Å². The monoisotopic (exact) mass is 459 g/mol. The molecule has 0 bridgehead atoms. The summed E-state index contributed by atoms with van der Waals surface area (Å²) in [5.74, 6) is -0.573. The van der Waals surface area contributed by atoms with Gasteiger partial charge in [-0.1, -0.05) is 48.5 Å². The molecule has 1 amide bonds. The Kier molecular flexibility index (Phi) is 6.72. The maximum Gasteiger partial charge on any atom is 0.356 e. The molecule has 2 N–H and O–H groups in total. The van der Waals surface area contributed by atoms with Crippen LogP contribution in [0.4, 0.5) is 5.69 Å². The third-order valence-electron chi connectivity index (χ3n) is 5.39. The Bertz CT molecular complexity index is 1310. The van der Waals surface area contributed by atoms with Crippen molar-refractivity contribution < 1.29 is 19.4 Å². The van der Waals surface area contributed by atoms with Gasteiger partial charge in [0.05, 0.1) is 17.1 Å². The normalized spacial score (nSPS) is 10.8. The molecule has 0 radical (unpaired) electrons. The molecule has 0 saturated heterocycles. The van der Waals surface area contributed by atoms with Gasteiger partial charge in [-0.2, -0.15) is 10.2 Å². The van der Waals surface area contributed by atoms with Crippen molar-refractivity contribution in [2.75, 3.05) is 5.32 Å². The summed E-state index contributed by atoms with van der Waals surface area (Å²) in [7, 11) is 0. The first-order valence-electron chi connectivity index (χ1n) is 10.8. The van der Waals surface area contributed by atoms with E-state index in [-0.39, 0.29) is 31.3 Å². The Morgan fingerprint density at radius 1 is 1.00 bits per heavy atom. The standard InChI is InChI=1S/C25H25N5O4/c1-17-24(26-23(31)13-15-29-14-12-21(28-29)25(32)33)18(2)30(27-17)16-34-22-11-7-6-10-20(22)19-8-4-3-5-9-19/h3-12,14H,13,15-16H2,1-2H3,(H,26,31)(H,32,33). The molecule has 9 heteroatoms. The first-order chi connectivity index (χ1) is 16.4. The number of para-hydroxylation sites is 1. The van der Waals surface area contributed by atoms with Crippen LogP contribution >= 0.6 is 0 Å². The van der Waals surface area contributed by atoms with E-state index in [1.165, 1.54) is 16.9 Å². The summed E-state index contributed by atoms with van der Waals surface area (Å²) in [6.45, 7) is 4.15. The van der Waals surface area contributed by atoms with E-state index in [1.54, 1.807) is 4.68 Å². The van der Waals surface area contributed by atoms with Crippen molar-refractivity contribution in [2.24, 2.45) is 0 Å². The second kappa shape index (κ2) is 10.0. The fraction of sp³-hybridized carbons (Fsp3) is 0.200. The summed E-state index contributed by atoms with van der Waals surface area (Å²) in [5, 5.41) is 20.3. The van der Waals surface area contributed by atoms with Gasteiger partial charge in [0.25, 0.3) is 0 Å². The number of amides is 1. The molecule has 2 aromatic carbocycles. The summed E-state index contributed by atoms with van der Waals surface area (Å²) >= 11 is 0. The Balaban J connectivity index is 1.40. The van der Waals surface area contributed by atoms with Crippen LogP contribution in [0.15, 0.2) is 66.9 Å². The molecule has 0 unspecified atom stereocenters. The lowest BCUT2D eigenvalue weighted by Crippen LogP contribution is -2.16. The second-order valence-electron chi connectivity index (χ2n) is 7.75. The number of carboxylic acids is 1. The summed E-state index contributed by atoms with van der Waals surface area (Å²) in [5.41, 5.74) is 4.09. The van der Waals surface area contributed by atoms with Gasteiger partial charge < -0.3 is 15.2 Å². The van der Waals surface area contributed by atoms with Crippen molar-refractivity contribution in [1.82, 2.24) is 19.6 Å². The predicted molar refractivity (Wildman–Crippen MR) is 127 cm³/mol. The number of aromatic nitrogens is 4. The number of anilines is 1. The van der Waals surface area contributed by atoms with Crippen molar-refractivity contribution >= 4 is 17.6 Å². The minimum absolute atomic E-state index is 0.0535. The van der Waals surface area contributed by atoms with Gasteiger partial charge in [-0.15, -0.1) is 0 Å². The zero-order valence-corrected chi connectivity index (χ0v) is 18.9. The molecule has 2 aromatic heterocycles. The van der Waals surface area contributed by atoms with Crippen LogP contribution < -0.4 is 10.1 Å². The second-order valence-corrected chi connectivity index (χ2v) is 7.75. The van der Waals surface area contributed by atoms with Crippen LogP contribution in [0, 0.1) is 13.8 Å². The summed E-state index contributed by atoms with van der Waals surface area (Å²) in [6.07, 6.45) is 1.68. The van der Waals surface area contributed by atoms with Crippen LogP contribution in [-0.4, -0.2) is 36.5 Å². The van der Waals surface area contributed by atoms with Crippen molar-refractivity contribution in [3.63, 3.8) is 0 Å². The van der Waals surface area contributed by atoms with Gasteiger partial charge >= 0.3 is 5.97 Å². The lowest BCUT2D eigenvalue weighted by molar-refractivity contribution is -0.116. The lowest BCUT2D eigenvalue weighted by atomic mass is 10.1. The Morgan fingerprint density at radius 3 is 2.47 bits per heavy atom. The molecule has 0 aliphatic rings. The minimum atomic E-state index is -1.10. The topological polar surface area (TPSA) is 111 Å². The maximum absolute atomic E-state index is 12.5. The highest BCUT2D eigenvalue weighted by Crippen LogP contribution is 2.30. The van der Waals surface area contributed by atoms with Crippen LogP contribution in [0.3, 0.4) is 0 Å². The molecule has 174 valence electrons. The van der Waals surface area contributed by atoms with Gasteiger partial charge in [0.15, 0.2) is 12.4 Å². The number of aryl methyl sites for hydroxylation is 2. The van der Waals surface area contributed by atoms with Crippen LogP contribution in [0.2, 0.25) is 0 Å². The molecule has 2 heterocycles. The third kappa shape index (κ3) is 5.15. The van der Waals surface area contributed by atoms with E-state index in [0.717, 1.165) is 22.6 Å². The van der Waals surface area contributed by atoms with Gasteiger partial charge in [0, 0.05) is 24.7 Å². The number of rotatable bonds is 9. The van der Waals surface area contributed by atoms with Gasteiger partial charge in [-0.05, 0) is 31.5 Å². The fourth-order valence-electron chi connectivity index (χ4n) is 3.60. The molecule has 0 aliphatic carbocycles. The number of aromatic carboxylic acids is 1. The molecule has 34 heavy (non-hydrogen) atoms. The first kappa shape index (κ1) is 22.8. The lowest BCUT2D eigenvalue weighted by Gasteiger charge is -2.13. The molecule has 4 rings (SSSR count). The molecular formula is C25H25N5O4. The maximum atomic E-state index is 12.5. The van der Waals surface area contributed by atoms with Crippen molar-refractivity contribution in [2.45, 2.75) is 33.5 Å². The van der Waals surface area contributed by atoms with Crippen LogP contribution in [0.1, 0.15) is 28.3 Å². The minimum Gasteiger partial charge on any atom is -0.476 e. The average molecular weight is 460 g/mol. The smallest absolute Gasteiger partial charge is 0.356 e. The first-order valence-corrected chi connectivity index (χ1v) is 10.8. The Labute approximate surface area is 196 Å². The van der Waals surface area contributed by atoms with Crippen molar-refractivity contribution in [3.8, 4) is 16.9 Å². The zero-order chi connectivity index (χ0) is 24.1. The van der Waals surface area contributed by atoms with Crippen molar-refractivity contribution in [3.05, 3.63) is 83.9 Å². The number of nitrogens with zero attached hydrogens (tertiary/aromatic N) is 4. The predicted octanol–water partition coefficient (Wildman–Crippen LogP) is 4.13. The molecule has 4 aromatic rings. The number of carbonyl (C=O) groups excluding carboxylic acids is 1. The largest absolute Gasteiger partial charge is 0.476 e. The molecule has 0 fully saturated rings. The number of nitrogens with one attached hydrogen (secondary N) is 1. The fourth-order valence-corrected chi connectivity index (χ4v) is 3.60. The van der Waals surface area contributed by atoms with E-state index in [2.05, 4.69) is 15.5 Å². The number of carboxylic acid groups (broad SMARTS) is 1. The van der Waals surface area contributed by atoms with E-state index < -0.39 is 5.97 Å². The highest BCUT2D eigenvalue weighted by atomic mass is 16.5. The highest BCUT2D eigenvalue weighted by Gasteiger charge is 2.16. The Morgan fingerprint density at radius 2 is 1.74 bits per heavy atom. The van der Waals surface area contributed by atoms with Crippen LogP contribution in [-0.2, 0) is 18.1 Å². The van der Waals surface area contributed by atoms with E-state index >= 15 is 0 Å². The van der Waals surface area contributed by atoms with Crippen molar-refractivity contribution in [1.29, 1.82) is 0 Å². The molecule has 0 atom stereocenters. The highest BCUT2D eigenvalue weighted by molar-refractivity contribution is 5.91. The number of hydrogen-bond donors (Lipinski definition) is 2. The third-order valence-corrected chi connectivity index (χ3v) is 5.39. The number of hydrogen-bond acceptors (Lipinski definition) is 5. The number of benzene rings is 2. The molecule has 9 nitrogen and oxygen atoms in total. The summed E-state index contributed by atoms with van der Waals surface area (Å²) in [6, 6.07) is 19.2. The summed E-state index contributed by atoms with van der Waals surface area (Å²) in [4.78, 5) is 23.4. The summed E-state index contributed by atoms with van der Waals surface area (Å²) < 4.78 is 9.23. The average Bonchev–Trinajstić information content (AvgIpc) is 3.43. The number of carbonyl (C=O) groups is 2. The van der Waals surface area contributed by atoms with Gasteiger partial charge in [0.2, 0.25) is 5.91 Å². The van der Waals surface area contributed by atoms with E-state index in [4.69, 9.17) is 9.84 Å². The SMILES string of the molecule is Cc1nn(COc2ccccc2-c2ccccc2)c(C)c1NC(=O)CCn1ccc(C(=O)O)n1. The van der Waals surface area contributed by atoms with Gasteiger partial charge in [-0.25, -0.2) is 9.48 Å². The molecule has 0 saturated carbocycles. The van der Waals surface area contributed by atoms with E-state index in [9.17, 15) is 9.59 Å². The van der Waals surface area contributed by atoms with Gasteiger partial charge in [0.1, 0.15) is 5.75 Å². The Hall–Kier alpha value is -4.40. The van der Waals surface area contributed by atoms with Crippen LogP contribution in [0.5, 0.6) is 5.75 Å². The molecule has 0 spiro atoms. The number of ether oxygens (including phenoxy) is 1. The molecule has 0 aliphatic heterocycles. The van der Waals surface area contributed by atoms with E-state index in [0.29, 0.717) is 11.4 Å². The van der Waals surface area contributed by atoms with Gasteiger partial charge in [-0.3, -0.25) is 9.48 Å². The zero-order valence-electron chi connectivity index (χ0n) is 18.9.